The number of hydrogen-bond acceptors (Lipinski definition) is 5. The molecule has 0 aliphatic carbocycles. The van der Waals surface area contributed by atoms with Crippen molar-refractivity contribution >= 4 is 10.0 Å². The van der Waals surface area contributed by atoms with Crippen LogP contribution in [-0.2, 0) is 16.2 Å². The number of aliphatic hydroxyl groups is 1. The van der Waals surface area contributed by atoms with Crippen LogP contribution in [0.4, 0.5) is 13.2 Å². The summed E-state index contributed by atoms with van der Waals surface area (Å²) in [4.78, 5) is -0.463. The molecule has 0 aromatic heterocycles. The van der Waals surface area contributed by atoms with Crippen LogP contribution < -0.4 is 4.74 Å². The molecule has 1 fully saturated rings. The lowest BCUT2D eigenvalue weighted by atomic mass is 9.83. The Bertz CT molecular complexity index is 1040. The number of ether oxygens (including phenoxy) is 1. The summed E-state index contributed by atoms with van der Waals surface area (Å²) in [5, 5.41) is 18.8. The highest BCUT2D eigenvalue weighted by molar-refractivity contribution is 7.89. The third-order valence-corrected chi connectivity index (χ3v) is 6.49. The lowest BCUT2D eigenvalue weighted by Gasteiger charge is -2.47. The monoisotopic (exact) mass is 426 g/mol. The van der Waals surface area contributed by atoms with Crippen LogP contribution in [0.1, 0.15) is 11.1 Å². The van der Waals surface area contributed by atoms with Gasteiger partial charge in [0.1, 0.15) is 11.8 Å². The second-order valence-electron chi connectivity index (χ2n) is 6.85. The van der Waals surface area contributed by atoms with Crippen LogP contribution in [0.2, 0.25) is 0 Å². The molecule has 0 bridgehead atoms. The predicted molar refractivity (Wildman–Crippen MR) is 96.4 cm³/mol. The zero-order chi connectivity index (χ0) is 21.3. The van der Waals surface area contributed by atoms with Crippen molar-refractivity contribution in [1.29, 1.82) is 5.26 Å². The van der Waals surface area contributed by atoms with E-state index >= 15 is 0 Å². The van der Waals surface area contributed by atoms with Gasteiger partial charge in [-0.3, -0.25) is 0 Å². The smallest absolute Gasteiger partial charge is 0.416 e. The number of benzene rings is 2. The Morgan fingerprint density at radius 2 is 1.86 bits per heavy atom. The van der Waals surface area contributed by atoms with Gasteiger partial charge in [-0.25, -0.2) is 8.42 Å². The fraction of sp³-hybridized carbons (Fsp3) is 0.316. The highest BCUT2D eigenvalue weighted by Crippen LogP contribution is 2.37. The summed E-state index contributed by atoms with van der Waals surface area (Å²) >= 11 is 0. The quantitative estimate of drug-likeness (QED) is 0.767. The lowest BCUT2D eigenvalue weighted by molar-refractivity contribution is -0.137. The van der Waals surface area contributed by atoms with Gasteiger partial charge < -0.3 is 9.84 Å². The summed E-state index contributed by atoms with van der Waals surface area (Å²) < 4.78 is 70.6. The summed E-state index contributed by atoms with van der Waals surface area (Å²) in [6.07, 6.45) is -4.66. The second kappa shape index (κ2) is 7.67. The minimum atomic E-state index is -4.66. The van der Waals surface area contributed by atoms with Crippen LogP contribution in [0.15, 0.2) is 53.4 Å². The standard InChI is InChI=1S/C19H17F3N2O4S/c20-19(21,22)15-5-3-6-16(8-15)29(26,27)24-10-18(11-24,12-25)13-28-17-7-2-1-4-14(17)9-23/h1-8,25H,10-13H2. The first-order valence-electron chi connectivity index (χ1n) is 8.51. The maximum Gasteiger partial charge on any atom is 0.416 e. The Kier molecular flexibility index (Phi) is 5.58. The van der Waals surface area contributed by atoms with E-state index in [4.69, 9.17) is 10.00 Å². The van der Waals surface area contributed by atoms with Gasteiger partial charge >= 0.3 is 6.18 Å². The van der Waals surface area contributed by atoms with Gasteiger partial charge in [0.05, 0.1) is 34.7 Å². The van der Waals surface area contributed by atoms with E-state index in [1.807, 2.05) is 6.07 Å². The molecule has 154 valence electrons. The number of sulfonamides is 1. The van der Waals surface area contributed by atoms with Gasteiger partial charge in [-0.15, -0.1) is 0 Å². The van der Waals surface area contributed by atoms with E-state index < -0.39 is 32.1 Å². The third-order valence-electron chi connectivity index (χ3n) is 4.70. The zero-order valence-electron chi connectivity index (χ0n) is 15.1. The van der Waals surface area contributed by atoms with Gasteiger partial charge in [0, 0.05) is 13.1 Å². The van der Waals surface area contributed by atoms with Crippen molar-refractivity contribution in [2.45, 2.75) is 11.1 Å². The number of nitriles is 1. The fourth-order valence-electron chi connectivity index (χ4n) is 3.01. The highest BCUT2D eigenvalue weighted by Gasteiger charge is 2.49. The van der Waals surface area contributed by atoms with Crippen LogP contribution in [0, 0.1) is 16.7 Å². The van der Waals surface area contributed by atoms with E-state index in [0.29, 0.717) is 17.4 Å². The fourth-order valence-corrected chi connectivity index (χ4v) is 4.72. The van der Waals surface area contributed by atoms with Gasteiger partial charge in [0.25, 0.3) is 0 Å². The van der Waals surface area contributed by atoms with Crippen molar-refractivity contribution in [3.8, 4) is 11.8 Å². The van der Waals surface area contributed by atoms with E-state index in [2.05, 4.69) is 0 Å². The summed E-state index contributed by atoms with van der Waals surface area (Å²) in [7, 11) is -4.15. The third kappa shape index (κ3) is 4.22. The maximum atomic E-state index is 12.9. The molecule has 0 atom stereocenters. The molecule has 1 aliphatic rings. The SMILES string of the molecule is N#Cc1ccccc1OCC1(CO)CN(S(=O)(=O)c2cccc(C(F)(F)F)c2)C1. The Labute approximate surface area is 165 Å². The van der Waals surface area contributed by atoms with Crippen molar-refractivity contribution in [3.05, 3.63) is 59.7 Å². The number of alkyl halides is 3. The minimum absolute atomic E-state index is 0.0448. The molecule has 1 saturated heterocycles. The number of para-hydroxylation sites is 1. The summed E-state index contributed by atoms with van der Waals surface area (Å²) in [5.74, 6) is 0.307. The number of nitrogens with zero attached hydrogens (tertiary/aromatic N) is 2. The van der Waals surface area contributed by atoms with Crippen molar-refractivity contribution in [3.63, 3.8) is 0 Å². The predicted octanol–water partition coefficient (Wildman–Crippen LogP) is 2.64. The topological polar surface area (TPSA) is 90.6 Å². The molecule has 10 heteroatoms. The van der Waals surface area contributed by atoms with Crippen molar-refractivity contribution in [2.75, 3.05) is 26.3 Å². The Balaban J connectivity index is 1.73. The molecular weight excluding hydrogens is 409 g/mol. The van der Waals surface area contributed by atoms with Crippen LogP contribution in [0.5, 0.6) is 5.75 Å². The van der Waals surface area contributed by atoms with Gasteiger partial charge in [0.2, 0.25) is 10.0 Å². The van der Waals surface area contributed by atoms with E-state index in [-0.39, 0.29) is 26.3 Å². The Morgan fingerprint density at radius 1 is 1.17 bits per heavy atom. The highest BCUT2D eigenvalue weighted by atomic mass is 32.2. The van der Waals surface area contributed by atoms with Crippen molar-refractivity contribution < 1.29 is 31.4 Å². The largest absolute Gasteiger partial charge is 0.491 e. The molecule has 0 saturated carbocycles. The molecule has 2 aromatic rings. The molecule has 0 unspecified atom stereocenters. The van der Waals surface area contributed by atoms with Crippen molar-refractivity contribution in [2.24, 2.45) is 5.41 Å². The van der Waals surface area contributed by atoms with Crippen LogP contribution in [0.25, 0.3) is 0 Å². The molecule has 1 N–H and O–H groups in total. The summed E-state index contributed by atoms with van der Waals surface area (Å²) in [6, 6.07) is 12.0. The molecule has 3 rings (SSSR count). The molecular formula is C19H17F3N2O4S. The molecule has 2 aromatic carbocycles. The zero-order valence-corrected chi connectivity index (χ0v) is 15.9. The average Bonchev–Trinajstić information content (AvgIpc) is 2.67. The number of halogens is 3. The maximum absolute atomic E-state index is 12.9. The first kappa shape index (κ1) is 21.1. The first-order chi connectivity index (χ1) is 13.6. The van der Waals surface area contributed by atoms with Crippen LogP contribution in [-0.4, -0.2) is 44.1 Å². The molecule has 0 radical (unpaired) electrons. The Morgan fingerprint density at radius 3 is 2.48 bits per heavy atom. The molecule has 0 spiro atoms. The van der Waals surface area contributed by atoms with Gasteiger partial charge in [-0.05, 0) is 30.3 Å². The summed E-state index contributed by atoms with van der Waals surface area (Å²) in [5.41, 5.74) is -1.66. The summed E-state index contributed by atoms with van der Waals surface area (Å²) in [6.45, 7) is -0.652. The van der Waals surface area contributed by atoms with E-state index in [0.717, 1.165) is 22.5 Å². The van der Waals surface area contributed by atoms with Crippen LogP contribution >= 0.6 is 0 Å². The molecule has 0 amide bonds. The van der Waals surface area contributed by atoms with E-state index in [1.54, 1.807) is 24.3 Å². The molecule has 6 nitrogen and oxygen atoms in total. The molecule has 1 heterocycles. The average molecular weight is 426 g/mol. The van der Waals surface area contributed by atoms with Crippen LogP contribution in [0.3, 0.4) is 0 Å². The van der Waals surface area contributed by atoms with Gasteiger partial charge in [-0.2, -0.15) is 22.7 Å². The van der Waals surface area contributed by atoms with Gasteiger partial charge in [0.15, 0.2) is 0 Å². The minimum Gasteiger partial charge on any atom is -0.491 e. The number of aliphatic hydroxyl groups excluding tert-OH is 1. The van der Waals surface area contributed by atoms with E-state index in [9.17, 15) is 26.7 Å². The Hall–Kier alpha value is -2.61. The second-order valence-corrected chi connectivity index (χ2v) is 8.79. The number of hydrogen-bond donors (Lipinski definition) is 1. The molecule has 29 heavy (non-hydrogen) atoms. The number of rotatable bonds is 6. The first-order valence-corrected chi connectivity index (χ1v) is 9.96. The molecule has 1 aliphatic heterocycles. The van der Waals surface area contributed by atoms with Gasteiger partial charge in [-0.1, -0.05) is 18.2 Å². The van der Waals surface area contributed by atoms with Crippen molar-refractivity contribution in [1.82, 2.24) is 4.31 Å². The lowest BCUT2D eigenvalue weighted by Crippen LogP contribution is -2.62. The normalized spacial score (nSPS) is 16.7. The van der Waals surface area contributed by atoms with E-state index in [1.165, 1.54) is 0 Å².